The summed E-state index contributed by atoms with van der Waals surface area (Å²) in [5.41, 5.74) is 0.0569. The number of aryl methyl sites for hydroxylation is 1. The molecule has 0 bridgehead atoms. The van der Waals surface area contributed by atoms with E-state index in [-0.39, 0.29) is 24.4 Å². The summed E-state index contributed by atoms with van der Waals surface area (Å²) in [5.74, 6) is 0.155. The van der Waals surface area contributed by atoms with Crippen LogP contribution in [0, 0.1) is 0 Å². The Kier molecular flexibility index (Phi) is 5.68. The van der Waals surface area contributed by atoms with Gasteiger partial charge in [-0.2, -0.15) is 0 Å². The maximum absolute atomic E-state index is 12.8. The number of urea groups is 1. The standard InChI is InChI=1S/C20H27N3O4/c1-20(12-11-14-7-9-16(27-2)10-8-14)18(25)23(19(26)22-20)13-17(24)21-15-5-3-4-6-15/h7-10,15H,3-6,11-13H2,1-2H3,(H,21,24)(H,22,26)/t20-/m0/s1. The molecule has 2 aliphatic rings. The molecule has 1 heterocycles. The van der Waals surface area contributed by atoms with Crippen molar-refractivity contribution in [1.29, 1.82) is 0 Å². The van der Waals surface area contributed by atoms with Gasteiger partial charge in [-0.05, 0) is 50.3 Å². The fourth-order valence-corrected chi connectivity index (χ4v) is 3.73. The second-order valence-corrected chi connectivity index (χ2v) is 7.55. The van der Waals surface area contributed by atoms with Crippen molar-refractivity contribution in [2.45, 2.75) is 57.0 Å². The zero-order valence-electron chi connectivity index (χ0n) is 15.9. The highest BCUT2D eigenvalue weighted by Gasteiger charge is 2.47. The van der Waals surface area contributed by atoms with Crippen molar-refractivity contribution >= 4 is 17.8 Å². The third-order valence-corrected chi connectivity index (χ3v) is 5.44. The van der Waals surface area contributed by atoms with Crippen molar-refractivity contribution in [3.05, 3.63) is 29.8 Å². The molecule has 2 N–H and O–H groups in total. The number of benzene rings is 1. The van der Waals surface area contributed by atoms with Crippen LogP contribution in [0.3, 0.4) is 0 Å². The van der Waals surface area contributed by atoms with Crippen molar-refractivity contribution in [2.24, 2.45) is 0 Å². The third-order valence-electron chi connectivity index (χ3n) is 5.44. The molecular weight excluding hydrogens is 346 g/mol. The van der Waals surface area contributed by atoms with Crippen LogP contribution in [0.15, 0.2) is 24.3 Å². The molecule has 1 aromatic carbocycles. The summed E-state index contributed by atoms with van der Waals surface area (Å²) < 4.78 is 5.14. The molecule has 27 heavy (non-hydrogen) atoms. The average molecular weight is 373 g/mol. The van der Waals surface area contributed by atoms with Crippen LogP contribution in [-0.4, -0.2) is 48.0 Å². The predicted molar refractivity (Wildman–Crippen MR) is 100 cm³/mol. The molecule has 1 saturated carbocycles. The first-order valence-corrected chi connectivity index (χ1v) is 9.48. The van der Waals surface area contributed by atoms with E-state index in [1.165, 1.54) is 0 Å². The quantitative estimate of drug-likeness (QED) is 0.716. The minimum atomic E-state index is -0.995. The van der Waals surface area contributed by atoms with E-state index in [1.54, 1.807) is 14.0 Å². The highest BCUT2D eigenvalue weighted by molar-refractivity contribution is 6.08. The maximum Gasteiger partial charge on any atom is 0.325 e. The SMILES string of the molecule is COc1ccc(CC[C@]2(C)NC(=O)N(CC(=O)NC3CCCC3)C2=O)cc1. The molecule has 4 amide bonds. The van der Waals surface area contributed by atoms with Crippen LogP contribution in [0.1, 0.15) is 44.6 Å². The fourth-order valence-electron chi connectivity index (χ4n) is 3.73. The lowest BCUT2D eigenvalue weighted by Gasteiger charge is -2.22. The summed E-state index contributed by atoms with van der Waals surface area (Å²) in [5, 5.41) is 5.67. The Morgan fingerprint density at radius 3 is 2.56 bits per heavy atom. The van der Waals surface area contributed by atoms with E-state index in [1.807, 2.05) is 24.3 Å². The van der Waals surface area contributed by atoms with Gasteiger partial charge in [-0.25, -0.2) is 4.79 Å². The number of carbonyl (C=O) groups excluding carboxylic acids is 3. The Hall–Kier alpha value is -2.57. The molecule has 146 valence electrons. The summed E-state index contributed by atoms with van der Waals surface area (Å²) in [6.45, 7) is 1.49. The largest absolute Gasteiger partial charge is 0.497 e. The highest BCUT2D eigenvalue weighted by atomic mass is 16.5. The van der Waals surface area contributed by atoms with Gasteiger partial charge in [-0.15, -0.1) is 0 Å². The summed E-state index contributed by atoms with van der Waals surface area (Å²) in [7, 11) is 1.61. The highest BCUT2D eigenvalue weighted by Crippen LogP contribution is 2.24. The number of hydrogen-bond acceptors (Lipinski definition) is 4. The van der Waals surface area contributed by atoms with E-state index in [0.29, 0.717) is 12.8 Å². The van der Waals surface area contributed by atoms with Gasteiger partial charge in [0, 0.05) is 6.04 Å². The molecule has 0 radical (unpaired) electrons. The zero-order valence-corrected chi connectivity index (χ0v) is 15.9. The summed E-state index contributed by atoms with van der Waals surface area (Å²) in [6.07, 6.45) is 5.24. The van der Waals surface area contributed by atoms with Crippen LogP contribution >= 0.6 is 0 Å². The summed E-state index contributed by atoms with van der Waals surface area (Å²) in [6, 6.07) is 7.28. The predicted octanol–water partition coefficient (Wildman–Crippen LogP) is 2.00. The number of nitrogens with zero attached hydrogens (tertiary/aromatic N) is 1. The Bertz CT molecular complexity index is 712. The van der Waals surface area contributed by atoms with Crippen LogP contribution < -0.4 is 15.4 Å². The lowest BCUT2D eigenvalue weighted by Crippen LogP contribution is -2.46. The molecule has 7 nitrogen and oxygen atoms in total. The molecule has 1 aliphatic carbocycles. The van der Waals surface area contributed by atoms with Gasteiger partial charge in [0.2, 0.25) is 5.91 Å². The van der Waals surface area contributed by atoms with Crippen LogP contribution in [-0.2, 0) is 16.0 Å². The minimum absolute atomic E-state index is 0.166. The lowest BCUT2D eigenvalue weighted by atomic mass is 9.93. The van der Waals surface area contributed by atoms with Gasteiger partial charge < -0.3 is 15.4 Å². The molecule has 1 atom stereocenters. The van der Waals surface area contributed by atoms with Gasteiger partial charge in [0.15, 0.2) is 0 Å². The first-order chi connectivity index (χ1) is 12.9. The number of methoxy groups -OCH3 is 1. The van der Waals surface area contributed by atoms with Crippen molar-refractivity contribution in [2.75, 3.05) is 13.7 Å². The van der Waals surface area contributed by atoms with Gasteiger partial charge in [0.05, 0.1) is 7.11 Å². The number of carbonyl (C=O) groups is 3. The van der Waals surface area contributed by atoms with Crippen molar-refractivity contribution < 1.29 is 19.1 Å². The Labute approximate surface area is 159 Å². The number of hydrogen-bond donors (Lipinski definition) is 2. The average Bonchev–Trinajstić information content (AvgIpc) is 3.23. The first-order valence-electron chi connectivity index (χ1n) is 9.48. The monoisotopic (exact) mass is 373 g/mol. The lowest BCUT2D eigenvalue weighted by molar-refractivity contribution is -0.134. The second-order valence-electron chi connectivity index (χ2n) is 7.55. The van der Waals surface area contributed by atoms with E-state index < -0.39 is 11.6 Å². The minimum Gasteiger partial charge on any atom is -0.497 e. The number of imide groups is 1. The van der Waals surface area contributed by atoms with Gasteiger partial charge in [0.1, 0.15) is 17.8 Å². The van der Waals surface area contributed by atoms with Gasteiger partial charge in [-0.3, -0.25) is 14.5 Å². The topological polar surface area (TPSA) is 87.7 Å². The summed E-state index contributed by atoms with van der Waals surface area (Å²) >= 11 is 0. The third kappa shape index (κ3) is 4.40. The smallest absolute Gasteiger partial charge is 0.325 e. The molecule has 3 rings (SSSR count). The molecular formula is C20H27N3O4. The van der Waals surface area contributed by atoms with Crippen LogP contribution in [0.4, 0.5) is 4.79 Å². The molecule has 1 saturated heterocycles. The molecule has 2 fully saturated rings. The van der Waals surface area contributed by atoms with E-state index in [2.05, 4.69) is 10.6 Å². The van der Waals surface area contributed by atoms with Crippen molar-refractivity contribution in [3.8, 4) is 5.75 Å². The molecule has 0 aromatic heterocycles. The van der Waals surface area contributed by atoms with Gasteiger partial charge >= 0.3 is 6.03 Å². The van der Waals surface area contributed by atoms with E-state index in [4.69, 9.17) is 4.74 Å². The van der Waals surface area contributed by atoms with Crippen LogP contribution in [0.25, 0.3) is 0 Å². The number of amides is 4. The Balaban J connectivity index is 1.56. The van der Waals surface area contributed by atoms with Crippen LogP contribution in [0.2, 0.25) is 0 Å². The van der Waals surface area contributed by atoms with Gasteiger partial charge in [-0.1, -0.05) is 25.0 Å². The zero-order chi connectivity index (χ0) is 19.4. The van der Waals surface area contributed by atoms with Crippen LogP contribution in [0.5, 0.6) is 5.75 Å². The van der Waals surface area contributed by atoms with Gasteiger partial charge in [0.25, 0.3) is 5.91 Å². The summed E-state index contributed by atoms with van der Waals surface area (Å²) in [4.78, 5) is 38.3. The Morgan fingerprint density at radius 1 is 1.26 bits per heavy atom. The molecule has 7 heteroatoms. The van der Waals surface area contributed by atoms with Crippen molar-refractivity contribution in [1.82, 2.24) is 15.5 Å². The number of rotatable bonds is 7. The van der Waals surface area contributed by atoms with E-state index >= 15 is 0 Å². The fraction of sp³-hybridized carbons (Fsp3) is 0.550. The molecule has 0 spiro atoms. The molecule has 1 aromatic rings. The molecule has 1 aliphatic heterocycles. The first kappa shape index (κ1) is 19.2. The second kappa shape index (κ2) is 7.98. The molecule has 0 unspecified atom stereocenters. The Morgan fingerprint density at radius 2 is 1.93 bits per heavy atom. The van der Waals surface area contributed by atoms with E-state index in [9.17, 15) is 14.4 Å². The number of ether oxygens (including phenoxy) is 1. The maximum atomic E-state index is 12.8. The van der Waals surface area contributed by atoms with E-state index in [0.717, 1.165) is 41.9 Å². The van der Waals surface area contributed by atoms with Crippen molar-refractivity contribution in [3.63, 3.8) is 0 Å². The normalized spacial score (nSPS) is 22.8. The number of nitrogens with one attached hydrogen (secondary N) is 2.